The van der Waals surface area contributed by atoms with Crippen LogP contribution in [0.3, 0.4) is 0 Å². The molecule has 4 nitrogen and oxygen atoms in total. The van der Waals surface area contributed by atoms with Gasteiger partial charge >= 0.3 is 0 Å². The number of pyridine rings is 1. The number of benzene rings is 1. The molecule has 0 saturated heterocycles. The Balaban J connectivity index is 2.73. The Morgan fingerprint density at radius 2 is 2.14 bits per heavy atom. The smallest absolute Gasteiger partial charge is 0.263 e. The number of nitro benzene ring substituents is 1. The molecule has 1 heterocycles. The van der Waals surface area contributed by atoms with Gasteiger partial charge in [-0.05, 0) is 27.4 Å². The lowest BCUT2D eigenvalue weighted by atomic mass is 10.1. The first kappa shape index (κ1) is 9.08. The summed E-state index contributed by atoms with van der Waals surface area (Å²) in [5.41, 5.74) is 0.0809. The maximum absolute atomic E-state index is 10.5. The molecule has 0 aliphatic rings. The van der Waals surface area contributed by atoms with E-state index in [2.05, 4.69) is 20.9 Å². The minimum Gasteiger partial charge on any atom is -0.263 e. The first-order chi connectivity index (χ1) is 6.68. The molecule has 5 heteroatoms. The minimum atomic E-state index is -0.416. The highest BCUT2D eigenvalue weighted by Crippen LogP contribution is 2.25. The minimum absolute atomic E-state index is 0.0809. The summed E-state index contributed by atoms with van der Waals surface area (Å²) < 4.78 is 0.838. The van der Waals surface area contributed by atoms with E-state index >= 15 is 0 Å². The molecular formula is C9H5BrN2O2. The quantitative estimate of drug-likeness (QED) is 0.579. The molecule has 0 aliphatic carbocycles. The molecule has 0 unspecified atom stereocenters. The normalized spacial score (nSPS) is 10.4. The van der Waals surface area contributed by atoms with Crippen LogP contribution in [0.1, 0.15) is 0 Å². The fourth-order valence-corrected chi connectivity index (χ4v) is 1.72. The van der Waals surface area contributed by atoms with Crippen LogP contribution in [0.5, 0.6) is 0 Å². The first-order valence-electron chi connectivity index (χ1n) is 3.86. The first-order valence-corrected chi connectivity index (χ1v) is 4.65. The van der Waals surface area contributed by atoms with Crippen LogP contribution in [0.15, 0.2) is 35.1 Å². The van der Waals surface area contributed by atoms with Crippen LogP contribution in [0.4, 0.5) is 5.69 Å². The van der Waals surface area contributed by atoms with Crippen molar-refractivity contribution >= 4 is 32.4 Å². The van der Waals surface area contributed by atoms with Crippen molar-refractivity contribution in [3.8, 4) is 0 Å². The van der Waals surface area contributed by atoms with Crippen molar-refractivity contribution in [3.63, 3.8) is 0 Å². The number of halogens is 1. The summed E-state index contributed by atoms with van der Waals surface area (Å²) in [7, 11) is 0. The topological polar surface area (TPSA) is 56.0 Å². The second-order valence-corrected chi connectivity index (χ2v) is 3.64. The average Bonchev–Trinajstić information content (AvgIpc) is 2.17. The number of rotatable bonds is 1. The van der Waals surface area contributed by atoms with E-state index in [-0.39, 0.29) is 5.69 Å². The van der Waals surface area contributed by atoms with Crippen molar-refractivity contribution in [1.29, 1.82) is 0 Å². The monoisotopic (exact) mass is 252 g/mol. The second-order valence-electron chi connectivity index (χ2n) is 2.78. The van der Waals surface area contributed by atoms with Crippen molar-refractivity contribution in [2.24, 2.45) is 0 Å². The van der Waals surface area contributed by atoms with Crippen molar-refractivity contribution in [1.82, 2.24) is 4.98 Å². The summed E-state index contributed by atoms with van der Waals surface area (Å²) in [6, 6.07) is 4.69. The number of non-ortho nitro benzene ring substituents is 1. The molecule has 2 rings (SSSR count). The van der Waals surface area contributed by atoms with Crippen molar-refractivity contribution < 1.29 is 4.92 Å². The predicted molar refractivity (Wildman–Crippen MR) is 56.1 cm³/mol. The molecule has 0 amide bonds. The van der Waals surface area contributed by atoms with Crippen molar-refractivity contribution in [2.75, 3.05) is 0 Å². The van der Waals surface area contributed by atoms with Gasteiger partial charge in [0.2, 0.25) is 0 Å². The van der Waals surface area contributed by atoms with E-state index < -0.39 is 4.92 Å². The highest BCUT2D eigenvalue weighted by atomic mass is 79.9. The number of fused-ring (bicyclic) bond motifs is 1. The third-order valence-electron chi connectivity index (χ3n) is 1.90. The Kier molecular flexibility index (Phi) is 2.17. The van der Waals surface area contributed by atoms with Gasteiger partial charge in [0.25, 0.3) is 5.69 Å². The number of aromatic nitrogens is 1. The Morgan fingerprint density at radius 3 is 2.86 bits per heavy atom. The van der Waals surface area contributed by atoms with Crippen LogP contribution in [-0.4, -0.2) is 9.91 Å². The zero-order valence-corrected chi connectivity index (χ0v) is 8.56. The third kappa shape index (κ3) is 1.46. The van der Waals surface area contributed by atoms with Crippen molar-refractivity contribution in [2.45, 2.75) is 0 Å². The molecule has 0 fully saturated rings. The van der Waals surface area contributed by atoms with E-state index in [1.54, 1.807) is 18.5 Å². The van der Waals surface area contributed by atoms with E-state index in [1.807, 2.05) is 0 Å². The molecule has 1 aromatic carbocycles. The SMILES string of the molecule is O=[N+]([O-])c1ccc2c(Br)cncc2c1. The largest absolute Gasteiger partial charge is 0.270 e. The number of hydrogen-bond donors (Lipinski definition) is 0. The van der Waals surface area contributed by atoms with Crippen molar-refractivity contribution in [3.05, 3.63) is 45.2 Å². The molecule has 0 radical (unpaired) electrons. The van der Waals surface area contributed by atoms with Gasteiger partial charge in [-0.3, -0.25) is 15.1 Å². The zero-order chi connectivity index (χ0) is 10.1. The number of nitro groups is 1. The molecule has 2 aromatic rings. The zero-order valence-electron chi connectivity index (χ0n) is 6.98. The van der Waals surface area contributed by atoms with Gasteiger partial charge in [-0.25, -0.2) is 0 Å². The summed E-state index contributed by atoms with van der Waals surface area (Å²) in [6.07, 6.45) is 3.27. The molecule has 14 heavy (non-hydrogen) atoms. The fraction of sp³-hybridized carbons (Fsp3) is 0. The Morgan fingerprint density at radius 1 is 1.36 bits per heavy atom. The summed E-state index contributed by atoms with van der Waals surface area (Å²) >= 11 is 3.33. The molecule has 0 bridgehead atoms. The predicted octanol–water partition coefficient (Wildman–Crippen LogP) is 2.91. The number of nitrogens with zero attached hydrogens (tertiary/aromatic N) is 2. The van der Waals surface area contributed by atoms with Gasteiger partial charge in [0.05, 0.1) is 4.92 Å². The molecule has 0 saturated carbocycles. The summed E-state index contributed by atoms with van der Waals surface area (Å²) in [5.74, 6) is 0. The van der Waals surface area contributed by atoms with Gasteiger partial charge in [0.1, 0.15) is 0 Å². The maximum atomic E-state index is 10.5. The number of hydrogen-bond acceptors (Lipinski definition) is 3. The fourth-order valence-electron chi connectivity index (χ4n) is 1.24. The summed E-state index contributed by atoms with van der Waals surface area (Å²) in [5, 5.41) is 12.2. The molecule has 0 aliphatic heterocycles. The van der Waals surface area contributed by atoms with E-state index in [1.165, 1.54) is 12.1 Å². The average molecular weight is 253 g/mol. The molecule has 70 valence electrons. The summed E-state index contributed by atoms with van der Waals surface area (Å²) in [4.78, 5) is 14.0. The summed E-state index contributed by atoms with van der Waals surface area (Å²) in [6.45, 7) is 0. The molecule has 1 aromatic heterocycles. The van der Waals surface area contributed by atoms with E-state index in [9.17, 15) is 10.1 Å². The van der Waals surface area contributed by atoms with E-state index in [0.29, 0.717) is 0 Å². The second kappa shape index (κ2) is 3.34. The molecule has 0 N–H and O–H groups in total. The van der Waals surface area contributed by atoms with Crippen LogP contribution in [0.25, 0.3) is 10.8 Å². The van der Waals surface area contributed by atoms with E-state index in [4.69, 9.17) is 0 Å². The van der Waals surface area contributed by atoms with Gasteiger partial charge in [-0.15, -0.1) is 0 Å². The lowest BCUT2D eigenvalue weighted by Crippen LogP contribution is -1.87. The van der Waals surface area contributed by atoms with Crippen LogP contribution < -0.4 is 0 Å². The maximum Gasteiger partial charge on any atom is 0.270 e. The molecular weight excluding hydrogens is 248 g/mol. The van der Waals surface area contributed by atoms with Gasteiger partial charge in [-0.1, -0.05) is 0 Å². The molecule has 0 spiro atoms. The lowest BCUT2D eigenvalue weighted by Gasteiger charge is -1.98. The molecule has 0 atom stereocenters. The standard InChI is InChI=1S/C9H5BrN2O2/c10-9-5-11-4-6-3-7(12(13)14)1-2-8(6)9/h1-5H. The van der Waals surface area contributed by atoms with Crippen LogP contribution in [-0.2, 0) is 0 Å². The Bertz CT molecular complexity index is 513. The van der Waals surface area contributed by atoms with Gasteiger partial charge in [-0.2, -0.15) is 0 Å². The highest BCUT2D eigenvalue weighted by Gasteiger charge is 2.07. The Labute approximate surface area is 87.9 Å². The Hall–Kier alpha value is -1.49. The van der Waals surface area contributed by atoms with Crippen LogP contribution in [0, 0.1) is 10.1 Å². The third-order valence-corrected chi connectivity index (χ3v) is 2.54. The lowest BCUT2D eigenvalue weighted by molar-refractivity contribution is -0.384. The van der Waals surface area contributed by atoms with E-state index in [0.717, 1.165) is 15.2 Å². The van der Waals surface area contributed by atoms with Gasteiger partial charge < -0.3 is 0 Å². The van der Waals surface area contributed by atoms with Crippen LogP contribution >= 0.6 is 15.9 Å². The van der Waals surface area contributed by atoms with Crippen LogP contribution in [0.2, 0.25) is 0 Å². The highest BCUT2D eigenvalue weighted by molar-refractivity contribution is 9.10. The van der Waals surface area contributed by atoms with Gasteiger partial charge in [0, 0.05) is 34.4 Å². The van der Waals surface area contributed by atoms with Gasteiger partial charge in [0.15, 0.2) is 0 Å².